The zero-order valence-corrected chi connectivity index (χ0v) is 7.42. The van der Waals surface area contributed by atoms with Gasteiger partial charge in [-0.3, -0.25) is 4.72 Å². The molecule has 2 amide bonds. The zero-order valence-electron chi connectivity index (χ0n) is 6.60. The molecule has 60 valence electrons. The maximum absolute atomic E-state index is 10.3. The van der Waals surface area contributed by atoms with Crippen molar-refractivity contribution in [3.8, 4) is 0 Å². The summed E-state index contributed by atoms with van der Waals surface area (Å²) in [5.41, 5.74) is 4.88. The van der Waals surface area contributed by atoms with Crippen molar-refractivity contribution in [2.75, 3.05) is 0 Å². The molecule has 0 radical (unpaired) electrons. The molecule has 4 heteroatoms. The van der Waals surface area contributed by atoms with E-state index in [9.17, 15) is 4.79 Å². The van der Waals surface area contributed by atoms with Crippen molar-refractivity contribution in [3.63, 3.8) is 0 Å². The van der Waals surface area contributed by atoms with Gasteiger partial charge in [-0.05, 0) is 32.2 Å². The Morgan fingerprint density at radius 3 is 2.50 bits per heavy atom. The quantitative estimate of drug-likeness (QED) is 0.618. The van der Waals surface area contributed by atoms with Gasteiger partial charge in [0.2, 0.25) is 0 Å². The molecule has 0 fully saturated rings. The Kier molecular flexibility index (Phi) is 3.57. The fourth-order valence-corrected chi connectivity index (χ4v) is 0.782. The number of primary amides is 1. The van der Waals surface area contributed by atoms with Crippen molar-refractivity contribution in [2.24, 2.45) is 5.73 Å². The average molecular weight is 162 g/mol. The molecule has 0 rings (SSSR count). The number of carbonyl (C=O) groups is 1. The second kappa shape index (κ2) is 3.71. The molecule has 0 aliphatic rings. The monoisotopic (exact) mass is 162 g/mol. The minimum atomic E-state index is -0.480. The minimum absolute atomic E-state index is 0.0784. The summed E-state index contributed by atoms with van der Waals surface area (Å²) in [5.74, 6) is 0. The topological polar surface area (TPSA) is 55.1 Å². The molecule has 0 heterocycles. The number of carbonyl (C=O) groups excluding carboxylic acids is 1. The molecule has 0 aliphatic heterocycles. The lowest BCUT2D eigenvalue weighted by Gasteiger charge is -2.20. The fraction of sp³-hybridized carbons (Fsp3) is 0.833. The van der Waals surface area contributed by atoms with E-state index < -0.39 is 6.03 Å². The smallest absolute Gasteiger partial charge is 0.322 e. The lowest BCUT2D eigenvalue weighted by Crippen LogP contribution is -2.29. The Balaban J connectivity index is 3.56. The average Bonchev–Trinajstić information content (AvgIpc) is 1.85. The molecule has 3 N–H and O–H groups in total. The molecule has 0 saturated carbocycles. The van der Waals surface area contributed by atoms with Gasteiger partial charge in [0.25, 0.3) is 0 Å². The fourth-order valence-electron chi connectivity index (χ4n) is 0.261. The molecule has 0 aliphatic carbocycles. The van der Waals surface area contributed by atoms with E-state index in [2.05, 4.69) is 11.6 Å². The lowest BCUT2D eigenvalue weighted by atomic mass is 10.1. The van der Waals surface area contributed by atoms with Crippen molar-refractivity contribution in [1.82, 2.24) is 4.72 Å². The third kappa shape index (κ3) is 4.49. The Morgan fingerprint density at radius 1 is 1.70 bits per heavy atom. The Hall–Kier alpha value is -0.380. The van der Waals surface area contributed by atoms with Crippen LogP contribution in [0.4, 0.5) is 4.79 Å². The minimum Gasteiger partial charge on any atom is -0.351 e. The van der Waals surface area contributed by atoms with Crippen LogP contribution in [0.5, 0.6) is 0 Å². The highest BCUT2D eigenvalue weighted by molar-refractivity contribution is 7.99. The summed E-state index contributed by atoms with van der Waals surface area (Å²) in [4.78, 5) is 10.3. The first-order valence-electron chi connectivity index (χ1n) is 3.21. The third-order valence-electron chi connectivity index (χ3n) is 1.28. The zero-order chi connectivity index (χ0) is 8.20. The number of rotatable bonds is 3. The van der Waals surface area contributed by atoms with Gasteiger partial charge in [0, 0.05) is 4.75 Å². The highest BCUT2D eigenvalue weighted by atomic mass is 32.2. The van der Waals surface area contributed by atoms with E-state index in [0.29, 0.717) is 0 Å². The normalized spacial score (nSPS) is 11.1. The molecule has 0 atom stereocenters. The van der Waals surface area contributed by atoms with Gasteiger partial charge in [0.1, 0.15) is 0 Å². The summed E-state index contributed by atoms with van der Waals surface area (Å²) in [6.45, 7) is 6.16. The number of hydrogen-bond acceptors (Lipinski definition) is 2. The van der Waals surface area contributed by atoms with E-state index in [0.717, 1.165) is 6.42 Å². The van der Waals surface area contributed by atoms with Crippen LogP contribution >= 0.6 is 11.9 Å². The van der Waals surface area contributed by atoms with Gasteiger partial charge in [-0.25, -0.2) is 4.79 Å². The standard InChI is InChI=1S/C6H14N2OS/c1-4-6(2,3)10-8-5(7)9/h4H2,1-3H3,(H3,7,8,9). The maximum atomic E-state index is 10.3. The number of hydrogen-bond donors (Lipinski definition) is 2. The van der Waals surface area contributed by atoms with Crippen molar-refractivity contribution in [2.45, 2.75) is 31.9 Å². The molecule has 0 bridgehead atoms. The van der Waals surface area contributed by atoms with Gasteiger partial charge in [-0.2, -0.15) is 0 Å². The van der Waals surface area contributed by atoms with Gasteiger partial charge in [0.05, 0.1) is 0 Å². The molecular formula is C6H14N2OS. The van der Waals surface area contributed by atoms with Crippen molar-refractivity contribution in [3.05, 3.63) is 0 Å². The summed E-state index contributed by atoms with van der Waals surface area (Å²) >= 11 is 1.36. The second-order valence-corrected chi connectivity index (χ2v) is 4.20. The van der Waals surface area contributed by atoms with Crippen molar-refractivity contribution < 1.29 is 4.79 Å². The van der Waals surface area contributed by atoms with E-state index in [-0.39, 0.29) is 4.75 Å². The van der Waals surface area contributed by atoms with Crippen molar-refractivity contribution in [1.29, 1.82) is 0 Å². The molecule has 0 aromatic rings. The maximum Gasteiger partial charge on any atom is 0.322 e. The van der Waals surface area contributed by atoms with Crippen LogP contribution in [0, 0.1) is 0 Å². The van der Waals surface area contributed by atoms with Crippen LogP contribution in [0.25, 0.3) is 0 Å². The van der Waals surface area contributed by atoms with Gasteiger partial charge in [-0.15, -0.1) is 0 Å². The van der Waals surface area contributed by atoms with Gasteiger partial charge in [0.15, 0.2) is 0 Å². The Labute approximate surface area is 65.9 Å². The highest BCUT2D eigenvalue weighted by Crippen LogP contribution is 2.23. The first-order valence-corrected chi connectivity index (χ1v) is 4.03. The molecule has 0 spiro atoms. The van der Waals surface area contributed by atoms with Crippen LogP contribution in [0.15, 0.2) is 0 Å². The summed E-state index contributed by atoms with van der Waals surface area (Å²) in [7, 11) is 0. The molecular weight excluding hydrogens is 148 g/mol. The van der Waals surface area contributed by atoms with Gasteiger partial charge in [-0.1, -0.05) is 6.92 Å². The van der Waals surface area contributed by atoms with Crippen LogP contribution in [0.1, 0.15) is 27.2 Å². The Morgan fingerprint density at radius 2 is 2.20 bits per heavy atom. The number of nitrogens with one attached hydrogen (secondary N) is 1. The summed E-state index contributed by atoms with van der Waals surface area (Å²) in [6.07, 6.45) is 0.998. The lowest BCUT2D eigenvalue weighted by molar-refractivity contribution is 0.254. The molecule has 0 aromatic carbocycles. The molecule has 10 heavy (non-hydrogen) atoms. The second-order valence-electron chi connectivity index (χ2n) is 2.68. The predicted octanol–water partition coefficient (Wildman–Crippen LogP) is 1.49. The summed E-state index contributed by atoms with van der Waals surface area (Å²) in [6, 6.07) is -0.480. The van der Waals surface area contributed by atoms with E-state index in [4.69, 9.17) is 5.73 Å². The van der Waals surface area contributed by atoms with Gasteiger partial charge < -0.3 is 5.73 Å². The van der Waals surface area contributed by atoms with E-state index in [1.165, 1.54) is 11.9 Å². The predicted molar refractivity (Wildman–Crippen MR) is 44.7 cm³/mol. The first kappa shape index (κ1) is 9.62. The van der Waals surface area contributed by atoms with Gasteiger partial charge >= 0.3 is 6.03 Å². The number of nitrogens with two attached hydrogens (primary N) is 1. The van der Waals surface area contributed by atoms with Crippen LogP contribution in [0.3, 0.4) is 0 Å². The number of urea groups is 1. The van der Waals surface area contributed by atoms with Crippen molar-refractivity contribution >= 4 is 18.0 Å². The number of amides is 2. The summed E-state index contributed by atoms with van der Waals surface area (Å²) < 4.78 is 2.57. The summed E-state index contributed by atoms with van der Waals surface area (Å²) in [5, 5.41) is 0. The van der Waals surface area contributed by atoms with E-state index in [1.807, 2.05) is 13.8 Å². The van der Waals surface area contributed by atoms with E-state index >= 15 is 0 Å². The molecule has 3 nitrogen and oxygen atoms in total. The van der Waals surface area contributed by atoms with Crippen LogP contribution in [0.2, 0.25) is 0 Å². The SMILES string of the molecule is CCC(C)(C)SNC(N)=O. The largest absolute Gasteiger partial charge is 0.351 e. The molecule has 0 saturated heterocycles. The van der Waals surface area contributed by atoms with Crippen LogP contribution < -0.4 is 10.5 Å². The molecule has 0 unspecified atom stereocenters. The molecule has 0 aromatic heterocycles. The first-order chi connectivity index (χ1) is 4.48. The van der Waals surface area contributed by atoms with E-state index in [1.54, 1.807) is 0 Å². The Bertz CT molecular complexity index is 125. The third-order valence-corrected chi connectivity index (χ3v) is 2.42. The van der Waals surface area contributed by atoms with Crippen LogP contribution in [-0.2, 0) is 0 Å². The highest BCUT2D eigenvalue weighted by Gasteiger charge is 2.15. The van der Waals surface area contributed by atoms with Crippen LogP contribution in [-0.4, -0.2) is 10.8 Å².